The molecule has 1 unspecified atom stereocenters. The molecule has 0 radical (unpaired) electrons. The van der Waals surface area contributed by atoms with E-state index in [-0.39, 0.29) is 18.0 Å². The molecule has 6 rings (SSSR count). The second-order valence-electron chi connectivity index (χ2n) is 8.48. The number of aromatic nitrogens is 2. The molecule has 1 saturated carbocycles. The highest BCUT2D eigenvalue weighted by Crippen LogP contribution is 2.44. The maximum atomic E-state index is 13.8. The van der Waals surface area contributed by atoms with Gasteiger partial charge in [0.25, 0.3) is 5.91 Å². The maximum absolute atomic E-state index is 13.8. The van der Waals surface area contributed by atoms with Gasteiger partial charge in [-0.1, -0.05) is 29.3 Å². The molecule has 31 heavy (non-hydrogen) atoms. The number of fused-ring (bicyclic) bond motifs is 2. The van der Waals surface area contributed by atoms with Crippen molar-refractivity contribution in [3.05, 3.63) is 77.1 Å². The van der Waals surface area contributed by atoms with Crippen molar-refractivity contribution in [2.75, 3.05) is 6.61 Å². The van der Waals surface area contributed by atoms with E-state index in [0.29, 0.717) is 28.9 Å². The fraction of sp³-hybridized carbons (Fsp3) is 0.320. The van der Waals surface area contributed by atoms with Crippen LogP contribution in [0.5, 0.6) is 5.75 Å². The van der Waals surface area contributed by atoms with Gasteiger partial charge in [0, 0.05) is 29.0 Å². The molecule has 3 heterocycles. The average molecular weight is 434 g/mol. The first-order valence-corrected chi connectivity index (χ1v) is 11.1. The highest BCUT2D eigenvalue weighted by Gasteiger charge is 2.47. The van der Waals surface area contributed by atoms with E-state index in [1.807, 2.05) is 49.4 Å². The van der Waals surface area contributed by atoms with Crippen molar-refractivity contribution in [2.24, 2.45) is 5.92 Å². The molecule has 3 fully saturated rings. The topological polar surface area (TPSA) is 55.3 Å². The predicted octanol–water partition coefficient (Wildman–Crippen LogP) is 5.18. The van der Waals surface area contributed by atoms with Crippen LogP contribution in [-0.2, 0) is 0 Å². The Bertz CT molecular complexity index is 1080. The van der Waals surface area contributed by atoms with Gasteiger partial charge in [-0.15, -0.1) is 0 Å². The molecule has 0 N–H and O–H groups in total. The third-order valence-electron chi connectivity index (χ3n) is 6.31. The summed E-state index contributed by atoms with van der Waals surface area (Å²) in [5.41, 5.74) is 2.48. The molecule has 2 aliphatic heterocycles. The molecule has 0 spiro atoms. The van der Waals surface area contributed by atoms with Crippen LogP contribution in [0, 0.1) is 12.8 Å². The summed E-state index contributed by atoms with van der Waals surface area (Å²) in [5.74, 6) is 2.06. The van der Waals surface area contributed by atoms with E-state index < -0.39 is 0 Å². The van der Waals surface area contributed by atoms with E-state index in [2.05, 4.69) is 14.9 Å². The number of rotatable bonds is 5. The minimum Gasteiger partial charge on any atom is -0.491 e. The van der Waals surface area contributed by atoms with Gasteiger partial charge < -0.3 is 9.64 Å². The van der Waals surface area contributed by atoms with Gasteiger partial charge in [-0.3, -0.25) is 4.79 Å². The van der Waals surface area contributed by atoms with Crippen molar-refractivity contribution >= 4 is 17.5 Å². The zero-order valence-corrected chi connectivity index (χ0v) is 18.1. The van der Waals surface area contributed by atoms with E-state index in [0.717, 1.165) is 36.1 Å². The summed E-state index contributed by atoms with van der Waals surface area (Å²) >= 11 is 5.98. The van der Waals surface area contributed by atoms with Crippen molar-refractivity contribution in [1.82, 2.24) is 14.9 Å². The van der Waals surface area contributed by atoms with Gasteiger partial charge in [-0.05, 0) is 68.5 Å². The SMILES string of the molecule is Cc1ccc(-c2ncccn2)c(C(=O)N2C(COc3ccc(Cl)cc3)CC3CC2C3)c1. The number of carbonyl (C=O) groups is 1. The summed E-state index contributed by atoms with van der Waals surface area (Å²) in [7, 11) is 0. The van der Waals surface area contributed by atoms with Crippen LogP contribution in [0.15, 0.2) is 60.9 Å². The van der Waals surface area contributed by atoms with Gasteiger partial charge in [0.05, 0.1) is 11.6 Å². The standard InChI is InChI=1S/C25H24ClN3O2/c1-16-3-8-22(24-27-9-2-10-28-24)23(11-16)25(30)29-19-12-17(13-19)14-20(29)15-31-21-6-4-18(26)5-7-21/h2-11,17,19-20H,12-15H2,1H3. The van der Waals surface area contributed by atoms with Crippen LogP contribution >= 0.6 is 11.6 Å². The molecule has 158 valence electrons. The normalized spacial score (nSPS) is 22.0. The summed E-state index contributed by atoms with van der Waals surface area (Å²) in [5, 5.41) is 0.679. The number of hydrogen-bond donors (Lipinski definition) is 0. The largest absolute Gasteiger partial charge is 0.491 e. The quantitative estimate of drug-likeness (QED) is 0.556. The predicted molar refractivity (Wildman–Crippen MR) is 120 cm³/mol. The van der Waals surface area contributed by atoms with Crippen molar-refractivity contribution in [3.8, 4) is 17.1 Å². The zero-order valence-electron chi connectivity index (χ0n) is 17.4. The lowest BCUT2D eigenvalue weighted by atomic mass is 9.70. The lowest BCUT2D eigenvalue weighted by Crippen LogP contribution is -2.60. The lowest BCUT2D eigenvalue weighted by Gasteiger charge is -2.53. The number of aryl methyl sites for hydroxylation is 1. The van der Waals surface area contributed by atoms with Gasteiger partial charge in [0.2, 0.25) is 0 Å². The summed E-state index contributed by atoms with van der Waals surface area (Å²) in [6, 6.07) is 15.4. The number of ether oxygens (including phenoxy) is 1. The number of nitrogens with zero attached hydrogens (tertiary/aromatic N) is 3. The Morgan fingerprint density at radius 2 is 1.84 bits per heavy atom. The summed E-state index contributed by atoms with van der Waals surface area (Å²) in [6.45, 7) is 2.48. The molecule has 1 atom stereocenters. The molecule has 1 aromatic heterocycles. The lowest BCUT2D eigenvalue weighted by molar-refractivity contribution is -0.0305. The second-order valence-corrected chi connectivity index (χ2v) is 8.92. The molecule has 3 aromatic rings. The third-order valence-corrected chi connectivity index (χ3v) is 6.56. The van der Waals surface area contributed by atoms with Gasteiger partial charge in [0.1, 0.15) is 12.4 Å². The smallest absolute Gasteiger partial charge is 0.255 e. The maximum Gasteiger partial charge on any atom is 0.255 e. The van der Waals surface area contributed by atoms with E-state index in [1.165, 1.54) is 0 Å². The Labute approximate surface area is 187 Å². The first-order chi connectivity index (χ1) is 15.1. The van der Waals surface area contributed by atoms with Crippen LogP contribution in [-0.4, -0.2) is 39.5 Å². The van der Waals surface area contributed by atoms with Crippen LogP contribution in [0.2, 0.25) is 5.02 Å². The number of hydrogen-bond acceptors (Lipinski definition) is 4. The van der Waals surface area contributed by atoms with Gasteiger partial charge >= 0.3 is 0 Å². The molecule has 2 aromatic carbocycles. The summed E-state index contributed by atoms with van der Waals surface area (Å²) in [6.07, 6.45) is 6.53. The third kappa shape index (κ3) is 4.02. The van der Waals surface area contributed by atoms with Crippen molar-refractivity contribution < 1.29 is 9.53 Å². The summed E-state index contributed by atoms with van der Waals surface area (Å²) < 4.78 is 6.05. The van der Waals surface area contributed by atoms with E-state index in [4.69, 9.17) is 16.3 Å². The number of piperidine rings is 2. The molecule has 1 amide bonds. The molecular formula is C25H24ClN3O2. The minimum absolute atomic E-state index is 0.0407. The molecule has 2 saturated heterocycles. The van der Waals surface area contributed by atoms with E-state index >= 15 is 0 Å². The second kappa shape index (κ2) is 8.31. The fourth-order valence-electron chi connectivity index (χ4n) is 4.73. The molecule has 6 heteroatoms. The Morgan fingerprint density at radius 1 is 1.10 bits per heavy atom. The Kier molecular flexibility index (Phi) is 5.36. The number of benzene rings is 2. The monoisotopic (exact) mass is 433 g/mol. The zero-order chi connectivity index (χ0) is 21.4. The average Bonchev–Trinajstić information content (AvgIpc) is 2.78. The highest BCUT2D eigenvalue weighted by molar-refractivity contribution is 6.30. The summed E-state index contributed by atoms with van der Waals surface area (Å²) in [4.78, 5) is 24.7. The van der Waals surface area contributed by atoms with Crippen LogP contribution < -0.4 is 4.74 Å². The number of carbonyl (C=O) groups excluding carboxylic acids is 1. The van der Waals surface area contributed by atoms with Crippen molar-refractivity contribution in [1.29, 1.82) is 0 Å². The van der Waals surface area contributed by atoms with E-state index in [9.17, 15) is 4.79 Å². The van der Waals surface area contributed by atoms with Crippen molar-refractivity contribution in [3.63, 3.8) is 0 Å². The van der Waals surface area contributed by atoms with Gasteiger partial charge in [-0.2, -0.15) is 0 Å². The molecule has 2 bridgehead atoms. The Hall–Kier alpha value is -2.92. The number of amides is 1. The van der Waals surface area contributed by atoms with Crippen LogP contribution in [0.1, 0.15) is 35.2 Å². The molecule has 3 aliphatic rings. The van der Waals surface area contributed by atoms with Crippen molar-refractivity contribution in [2.45, 2.75) is 38.3 Å². The molecule has 5 nitrogen and oxygen atoms in total. The minimum atomic E-state index is 0.0407. The molecule has 1 aliphatic carbocycles. The first kappa shape index (κ1) is 20.0. The fourth-order valence-corrected chi connectivity index (χ4v) is 4.85. The van der Waals surface area contributed by atoms with Crippen LogP contribution in [0.3, 0.4) is 0 Å². The number of halogens is 1. The van der Waals surface area contributed by atoms with Gasteiger partial charge in [-0.25, -0.2) is 9.97 Å². The highest BCUT2D eigenvalue weighted by atomic mass is 35.5. The Balaban J connectivity index is 1.43. The van der Waals surface area contributed by atoms with Crippen LogP contribution in [0.25, 0.3) is 11.4 Å². The van der Waals surface area contributed by atoms with E-state index in [1.54, 1.807) is 18.5 Å². The van der Waals surface area contributed by atoms with Crippen LogP contribution in [0.4, 0.5) is 0 Å². The first-order valence-electron chi connectivity index (χ1n) is 10.7. The molecular weight excluding hydrogens is 410 g/mol. The van der Waals surface area contributed by atoms with Gasteiger partial charge in [0.15, 0.2) is 5.82 Å². The Morgan fingerprint density at radius 3 is 2.58 bits per heavy atom.